The third-order valence-electron chi connectivity index (χ3n) is 4.26. The number of nitrogens with zero attached hydrogens (tertiary/aromatic N) is 2. The second-order valence-electron chi connectivity index (χ2n) is 5.96. The van der Waals surface area contributed by atoms with E-state index < -0.39 is 10.0 Å². The summed E-state index contributed by atoms with van der Waals surface area (Å²) in [6, 6.07) is 15.6. The SMILES string of the molecule is O=C(CNc1ccccc1)N1CCN(S(=O)(=O)c2ccc(Cl)cc2)CC1. The number of nitrogens with one attached hydrogen (secondary N) is 1. The van der Waals surface area contributed by atoms with Crippen molar-refractivity contribution in [2.24, 2.45) is 0 Å². The average Bonchev–Trinajstić information content (AvgIpc) is 2.67. The molecule has 1 aliphatic rings. The number of halogens is 1. The quantitative estimate of drug-likeness (QED) is 0.846. The molecule has 3 rings (SSSR count). The van der Waals surface area contributed by atoms with E-state index in [0.29, 0.717) is 18.1 Å². The van der Waals surface area contributed by atoms with Crippen LogP contribution in [0.4, 0.5) is 5.69 Å². The predicted octanol–water partition coefficient (Wildman–Crippen LogP) is 2.29. The van der Waals surface area contributed by atoms with Crippen molar-refractivity contribution in [2.45, 2.75) is 4.90 Å². The van der Waals surface area contributed by atoms with Gasteiger partial charge >= 0.3 is 0 Å². The lowest BCUT2D eigenvalue weighted by Gasteiger charge is -2.34. The van der Waals surface area contributed by atoms with Gasteiger partial charge in [-0.2, -0.15) is 4.31 Å². The van der Waals surface area contributed by atoms with Crippen molar-refractivity contribution in [3.8, 4) is 0 Å². The van der Waals surface area contributed by atoms with Crippen LogP contribution in [0.15, 0.2) is 59.5 Å². The number of rotatable bonds is 5. The summed E-state index contributed by atoms with van der Waals surface area (Å²) in [6.45, 7) is 1.50. The molecular weight excluding hydrogens is 374 g/mol. The molecule has 0 spiro atoms. The van der Waals surface area contributed by atoms with E-state index >= 15 is 0 Å². The molecule has 2 aromatic rings. The number of para-hydroxylation sites is 1. The van der Waals surface area contributed by atoms with Crippen molar-refractivity contribution in [2.75, 3.05) is 38.0 Å². The number of carbonyl (C=O) groups excluding carboxylic acids is 1. The lowest BCUT2D eigenvalue weighted by molar-refractivity contribution is -0.130. The summed E-state index contributed by atoms with van der Waals surface area (Å²) in [7, 11) is -3.56. The van der Waals surface area contributed by atoms with E-state index in [0.717, 1.165) is 5.69 Å². The molecule has 138 valence electrons. The fraction of sp³-hybridized carbons (Fsp3) is 0.278. The molecule has 2 aromatic carbocycles. The van der Waals surface area contributed by atoms with Crippen LogP contribution in [0.5, 0.6) is 0 Å². The number of amides is 1. The van der Waals surface area contributed by atoms with Crippen LogP contribution in [0.2, 0.25) is 5.02 Å². The van der Waals surface area contributed by atoms with Crippen molar-refractivity contribution in [3.63, 3.8) is 0 Å². The Morgan fingerprint density at radius 3 is 2.19 bits per heavy atom. The maximum absolute atomic E-state index is 12.7. The third-order valence-corrected chi connectivity index (χ3v) is 6.43. The molecule has 1 heterocycles. The molecule has 1 aliphatic heterocycles. The zero-order valence-corrected chi connectivity index (χ0v) is 15.7. The van der Waals surface area contributed by atoms with E-state index in [4.69, 9.17) is 11.6 Å². The van der Waals surface area contributed by atoms with Crippen molar-refractivity contribution in [3.05, 3.63) is 59.6 Å². The molecule has 0 saturated carbocycles. The van der Waals surface area contributed by atoms with Crippen LogP contribution in [0.25, 0.3) is 0 Å². The number of hydrogen-bond donors (Lipinski definition) is 1. The van der Waals surface area contributed by atoms with Gasteiger partial charge in [-0.25, -0.2) is 8.42 Å². The second-order valence-corrected chi connectivity index (χ2v) is 8.33. The number of carbonyl (C=O) groups is 1. The lowest BCUT2D eigenvalue weighted by atomic mass is 10.3. The third kappa shape index (κ3) is 4.35. The first-order valence-corrected chi connectivity index (χ1v) is 10.1. The first-order chi connectivity index (χ1) is 12.5. The molecular formula is C18H20ClN3O3S. The number of anilines is 1. The molecule has 0 radical (unpaired) electrons. The maximum Gasteiger partial charge on any atom is 0.243 e. The minimum Gasteiger partial charge on any atom is -0.376 e. The van der Waals surface area contributed by atoms with Crippen LogP contribution in [0, 0.1) is 0 Å². The average molecular weight is 394 g/mol. The number of hydrogen-bond acceptors (Lipinski definition) is 4. The molecule has 0 atom stereocenters. The van der Waals surface area contributed by atoms with E-state index in [-0.39, 0.29) is 30.4 Å². The maximum atomic E-state index is 12.7. The van der Waals surface area contributed by atoms with Gasteiger partial charge in [-0.15, -0.1) is 0 Å². The zero-order valence-electron chi connectivity index (χ0n) is 14.1. The molecule has 0 aromatic heterocycles. The van der Waals surface area contributed by atoms with Crippen LogP contribution in [0.1, 0.15) is 0 Å². The minimum absolute atomic E-state index is 0.0441. The van der Waals surface area contributed by atoms with E-state index in [1.54, 1.807) is 17.0 Å². The highest BCUT2D eigenvalue weighted by molar-refractivity contribution is 7.89. The van der Waals surface area contributed by atoms with Gasteiger partial charge in [-0.3, -0.25) is 4.79 Å². The van der Waals surface area contributed by atoms with E-state index in [2.05, 4.69) is 5.32 Å². The van der Waals surface area contributed by atoms with Gasteiger partial charge in [0.25, 0.3) is 0 Å². The van der Waals surface area contributed by atoms with Crippen LogP contribution >= 0.6 is 11.6 Å². The molecule has 8 heteroatoms. The predicted molar refractivity (Wildman–Crippen MR) is 102 cm³/mol. The topological polar surface area (TPSA) is 69.7 Å². The fourth-order valence-corrected chi connectivity index (χ4v) is 4.33. The largest absolute Gasteiger partial charge is 0.376 e. The summed E-state index contributed by atoms with van der Waals surface area (Å²) in [4.78, 5) is 14.2. The van der Waals surface area contributed by atoms with Gasteiger partial charge in [0, 0.05) is 36.9 Å². The summed E-state index contributed by atoms with van der Waals surface area (Å²) in [5.74, 6) is -0.0441. The number of sulfonamides is 1. The lowest BCUT2D eigenvalue weighted by Crippen LogP contribution is -2.51. The highest BCUT2D eigenvalue weighted by atomic mass is 35.5. The Hall–Kier alpha value is -2.09. The summed E-state index contributed by atoms with van der Waals surface area (Å²) >= 11 is 5.82. The van der Waals surface area contributed by atoms with Gasteiger partial charge in [-0.1, -0.05) is 29.8 Å². The van der Waals surface area contributed by atoms with E-state index in [9.17, 15) is 13.2 Å². The minimum atomic E-state index is -3.56. The molecule has 1 N–H and O–H groups in total. The van der Waals surface area contributed by atoms with Gasteiger partial charge in [0.2, 0.25) is 15.9 Å². The summed E-state index contributed by atoms with van der Waals surface area (Å²) < 4.78 is 26.7. The molecule has 1 amide bonds. The number of benzene rings is 2. The van der Waals surface area contributed by atoms with Crippen LogP contribution < -0.4 is 5.32 Å². The van der Waals surface area contributed by atoms with Crippen molar-refractivity contribution >= 4 is 33.2 Å². The van der Waals surface area contributed by atoms with Gasteiger partial charge in [-0.05, 0) is 36.4 Å². The van der Waals surface area contributed by atoms with Crippen LogP contribution in [0.3, 0.4) is 0 Å². The molecule has 6 nitrogen and oxygen atoms in total. The monoisotopic (exact) mass is 393 g/mol. The first kappa shape index (κ1) is 18.7. The standard InChI is InChI=1S/C18H20ClN3O3S/c19-15-6-8-17(9-7-15)26(24,25)22-12-10-21(11-13-22)18(23)14-20-16-4-2-1-3-5-16/h1-9,20H,10-14H2. The first-order valence-electron chi connectivity index (χ1n) is 8.29. The second kappa shape index (κ2) is 8.07. The summed E-state index contributed by atoms with van der Waals surface area (Å²) in [5.41, 5.74) is 0.879. The highest BCUT2D eigenvalue weighted by Crippen LogP contribution is 2.20. The Morgan fingerprint density at radius 1 is 0.962 bits per heavy atom. The number of piperazine rings is 1. The van der Waals surface area contributed by atoms with Crippen LogP contribution in [-0.2, 0) is 14.8 Å². The summed E-state index contributed by atoms with van der Waals surface area (Å²) in [5, 5.41) is 3.57. The normalized spacial score (nSPS) is 15.7. The molecule has 1 saturated heterocycles. The molecule has 0 bridgehead atoms. The summed E-state index contributed by atoms with van der Waals surface area (Å²) in [6.07, 6.45) is 0. The molecule has 0 aliphatic carbocycles. The van der Waals surface area contributed by atoms with E-state index in [1.165, 1.54) is 16.4 Å². The van der Waals surface area contributed by atoms with E-state index in [1.807, 2.05) is 30.3 Å². The van der Waals surface area contributed by atoms with Gasteiger partial charge < -0.3 is 10.2 Å². The Morgan fingerprint density at radius 2 is 1.58 bits per heavy atom. The Kier molecular flexibility index (Phi) is 5.80. The van der Waals surface area contributed by atoms with Gasteiger partial charge in [0.1, 0.15) is 0 Å². The Bertz CT molecular complexity index is 849. The van der Waals surface area contributed by atoms with Crippen molar-refractivity contribution in [1.29, 1.82) is 0 Å². The van der Waals surface area contributed by atoms with Gasteiger partial charge in [0.05, 0.1) is 11.4 Å². The molecule has 0 unspecified atom stereocenters. The molecule has 26 heavy (non-hydrogen) atoms. The van der Waals surface area contributed by atoms with Crippen molar-refractivity contribution < 1.29 is 13.2 Å². The smallest absolute Gasteiger partial charge is 0.243 e. The zero-order chi connectivity index (χ0) is 18.6. The highest BCUT2D eigenvalue weighted by Gasteiger charge is 2.29. The van der Waals surface area contributed by atoms with Crippen molar-refractivity contribution in [1.82, 2.24) is 9.21 Å². The molecule has 1 fully saturated rings. The Labute approximate surface area is 158 Å². The van der Waals surface area contributed by atoms with Crippen LogP contribution in [-0.4, -0.2) is 56.3 Å². The Balaban J connectivity index is 1.55. The fourth-order valence-electron chi connectivity index (χ4n) is 2.78. The van der Waals surface area contributed by atoms with Gasteiger partial charge in [0.15, 0.2) is 0 Å².